The second-order valence-electron chi connectivity index (χ2n) is 7.93. The molecule has 1 aromatic heterocycles. The van der Waals surface area contributed by atoms with Crippen LogP contribution in [0.25, 0.3) is 10.9 Å². The second kappa shape index (κ2) is 11.0. The summed E-state index contributed by atoms with van der Waals surface area (Å²) in [6, 6.07) is 10.5. The Hall–Kier alpha value is -3.26. The van der Waals surface area contributed by atoms with Crippen LogP contribution in [0, 0.1) is 11.6 Å². The molecule has 0 unspecified atom stereocenters. The van der Waals surface area contributed by atoms with Gasteiger partial charge in [0.15, 0.2) is 17.1 Å². The van der Waals surface area contributed by atoms with Gasteiger partial charge in [-0.25, -0.2) is 8.78 Å². The molecule has 3 aromatic rings. The highest BCUT2D eigenvalue weighted by molar-refractivity contribution is 5.82. The maximum atomic E-state index is 14.1. The third-order valence-electron chi connectivity index (χ3n) is 5.25. The second-order valence-corrected chi connectivity index (χ2v) is 7.93. The van der Waals surface area contributed by atoms with Gasteiger partial charge in [-0.2, -0.15) is 0 Å². The van der Waals surface area contributed by atoms with Crippen molar-refractivity contribution in [3.05, 3.63) is 75.6 Å². The van der Waals surface area contributed by atoms with Crippen LogP contribution in [0.2, 0.25) is 0 Å². The Bertz CT molecular complexity index is 1190. The van der Waals surface area contributed by atoms with Crippen LogP contribution >= 0.6 is 0 Å². The number of ether oxygens (including phenoxy) is 2. The number of nitrogens with zero attached hydrogens (tertiary/aromatic N) is 2. The number of hydrogen-bond acceptors (Lipinski definition) is 5. The number of benzene rings is 2. The van der Waals surface area contributed by atoms with E-state index in [-0.39, 0.29) is 37.0 Å². The fourth-order valence-corrected chi connectivity index (χ4v) is 3.57. The number of hydrogen-bond donors (Lipinski definition) is 0. The lowest BCUT2D eigenvalue weighted by Gasteiger charge is -2.18. The van der Waals surface area contributed by atoms with E-state index in [9.17, 15) is 18.4 Å². The van der Waals surface area contributed by atoms with Crippen molar-refractivity contribution in [2.75, 3.05) is 33.9 Å². The highest BCUT2D eigenvalue weighted by Gasteiger charge is 2.16. The molecule has 33 heavy (non-hydrogen) atoms. The number of esters is 1. The van der Waals surface area contributed by atoms with E-state index < -0.39 is 17.6 Å². The Morgan fingerprint density at radius 3 is 2.61 bits per heavy atom. The van der Waals surface area contributed by atoms with E-state index >= 15 is 0 Å². The van der Waals surface area contributed by atoms with E-state index in [1.165, 1.54) is 18.2 Å². The molecule has 1 heterocycles. The molecule has 0 amide bonds. The summed E-state index contributed by atoms with van der Waals surface area (Å²) in [5, 5.41) is 0.431. The molecule has 2 aromatic carbocycles. The largest absolute Gasteiger partial charge is 0.492 e. The first-order chi connectivity index (χ1) is 15.8. The van der Waals surface area contributed by atoms with Gasteiger partial charge in [-0.3, -0.25) is 9.59 Å². The first-order valence-corrected chi connectivity index (χ1v) is 10.8. The first kappa shape index (κ1) is 24.4. The van der Waals surface area contributed by atoms with E-state index in [1.807, 2.05) is 19.0 Å². The summed E-state index contributed by atoms with van der Waals surface area (Å²) in [7, 11) is 3.88. The minimum atomic E-state index is -0.922. The number of aryl methyl sites for hydroxylation is 2. The van der Waals surface area contributed by atoms with Crippen LogP contribution in [0.3, 0.4) is 0 Å². The van der Waals surface area contributed by atoms with Crippen LogP contribution in [0.4, 0.5) is 8.78 Å². The lowest BCUT2D eigenvalue weighted by molar-refractivity contribution is -0.143. The molecule has 0 radical (unpaired) electrons. The van der Waals surface area contributed by atoms with Crippen molar-refractivity contribution in [3.63, 3.8) is 0 Å². The van der Waals surface area contributed by atoms with Crippen LogP contribution in [0.15, 0.2) is 47.3 Å². The number of aromatic nitrogens is 1. The van der Waals surface area contributed by atoms with Crippen molar-refractivity contribution in [3.8, 4) is 5.75 Å². The smallest absolute Gasteiger partial charge is 0.325 e. The number of carbonyl (C=O) groups excluding carboxylic acids is 1. The van der Waals surface area contributed by atoms with Gasteiger partial charge in [0.05, 0.1) is 12.1 Å². The van der Waals surface area contributed by atoms with Crippen LogP contribution < -0.4 is 10.2 Å². The fraction of sp³-hybridized carbons (Fsp3) is 0.360. The van der Waals surface area contributed by atoms with Crippen LogP contribution in [-0.2, 0) is 28.9 Å². The van der Waals surface area contributed by atoms with Gasteiger partial charge in [-0.05, 0) is 57.6 Å². The Balaban J connectivity index is 2.01. The van der Waals surface area contributed by atoms with Gasteiger partial charge in [0.25, 0.3) is 0 Å². The van der Waals surface area contributed by atoms with E-state index in [2.05, 4.69) is 0 Å². The molecule has 0 aliphatic rings. The van der Waals surface area contributed by atoms with E-state index in [0.29, 0.717) is 35.5 Å². The summed E-state index contributed by atoms with van der Waals surface area (Å²) >= 11 is 0. The summed E-state index contributed by atoms with van der Waals surface area (Å²) in [6.07, 6.45) is 0.396. The molecule has 0 aliphatic carbocycles. The normalized spacial score (nSPS) is 11.2. The van der Waals surface area contributed by atoms with Gasteiger partial charge in [0, 0.05) is 29.8 Å². The number of fused-ring (bicyclic) bond motifs is 1. The lowest BCUT2D eigenvalue weighted by Crippen LogP contribution is -2.21. The van der Waals surface area contributed by atoms with Crippen molar-refractivity contribution < 1.29 is 23.0 Å². The van der Waals surface area contributed by atoms with Gasteiger partial charge < -0.3 is 18.9 Å². The molecular formula is C25H28F2N2O4. The third kappa shape index (κ3) is 6.16. The Labute approximate surface area is 191 Å². The minimum Gasteiger partial charge on any atom is -0.492 e. The molecule has 0 bridgehead atoms. The number of likely N-dealkylation sites (N-methyl/N-ethyl adjacent to an activating group) is 1. The summed E-state index contributed by atoms with van der Waals surface area (Å²) in [5.41, 5.74) is 1.02. The van der Waals surface area contributed by atoms with Crippen molar-refractivity contribution >= 4 is 16.9 Å². The Morgan fingerprint density at radius 2 is 1.88 bits per heavy atom. The first-order valence-electron chi connectivity index (χ1n) is 10.8. The van der Waals surface area contributed by atoms with Crippen LogP contribution in [0.1, 0.15) is 18.2 Å². The third-order valence-corrected chi connectivity index (χ3v) is 5.25. The Morgan fingerprint density at radius 1 is 1.09 bits per heavy atom. The quantitative estimate of drug-likeness (QED) is 0.435. The average Bonchev–Trinajstić information content (AvgIpc) is 2.77. The molecule has 0 saturated carbocycles. The molecule has 0 saturated heterocycles. The predicted octanol–water partition coefficient (Wildman–Crippen LogP) is 3.57. The van der Waals surface area contributed by atoms with Gasteiger partial charge in [0.2, 0.25) is 0 Å². The highest BCUT2D eigenvalue weighted by atomic mass is 19.2. The standard InChI is InChI=1S/C25H28F2N2O4/c1-4-32-24(31)16-29-18(9-8-17-6-5-7-21(26)25(17)27)14-23(30)20-11-10-19(15-22(20)29)33-13-12-28(2)3/h5-7,10-11,14-15H,4,8-9,12-13,16H2,1-3H3. The number of pyridine rings is 1. The van der Waals surface area contributed by atoms with Crippen molar-refractivity contribution in [1.29, 1.82) is 0 Å². The van der Waals surface area contributed by atoms with Gasteiger partial charge in [-0.15, -0.1) is 0 Å². The lowest BCUT2D eigenvalue weighted by atomic mass is 10.0. The molecule has 6 nitrogen and oxygen atoms in total. The molecule has 0 aliphatic heterocycles. The SMILES string of the molecule is CCOC(=O)Cn1c(CCc2cccc(F)c2F)cc(=O)c2ccc(OCCN(C)C)cc21. The molecule has 0 fully saturated rings. The van der Waals surface area contributed by atoms with E-state index in [0.717, 1.165) is 6.07 Å². The molecule has 8 heteroatoms. The zero-order valence-electron chi connectivity index (χ0n) is 19.1. The molecule has 3 rings (SSSR count). The Kier molecular flexibility index (Phi) is 8.16. The van der Waals surface area contributed by atoms with Crippen molar-refractivity contribution in [1.82, 2.24) is 9.47 Å². The molecule has 0 spiro atoms. The molecule has 0 N–H and O–H groups in total. The average molecular weight is 459 g/mol. The van der Waals surface area contributed by atoms with Gasteiger partial charge >= 0.3 is 5.97 Å². The molecule has 176 valence electrons. The zero-order valence-corrected chi connectivity index (χ0v) is 19.1. The fourth-order valence-electron chi connectivity index (χ4n) is 3.57. The number of carbonyl (C=O) groups is 1. The maximum Gasteiger partial charge on any atom is 0.325 e. The van der Waals surface area contributed by atoms with E-state index in [4.69, 9.17) is 9.47 Å². The van der Waals surface area contributed by atoms with Gasteiger partial charge in [-0.1, -0.05) is 12.1 Å². The van der Waals surface area contributed by atoms with E-state index in [1.54, 1.807) is 29.7 Å². The topological polar surface area (TPSA) is 60.8 Å². The highest BCUT2D eigenvalue weighted by Crippen LogP contribution is 2.22. The zero-order chi connectivity index (χ0) is 24.0. The number of halogens is 2. The summed E-state index contributed by atoms with van der Waals surface area (Å²) in [4.78, 5) is 27.1. The monoisotopic (exact) mass is 458 g/mol. The molecule has 0 atom stereocenters. The van der Waals surface area contributed by atoms with Crippen molar-refractivity contribution in [2.24, 2.45) is 0 Å². The summed E-state index contributed by atoms with van der Waals surface area (Å²) < 4.78 is 40.3. The van der Waals surface area contributed by atoms with Crippen LogP contribution in [-0.4, -0.2) is 49.3 Å². The summed E-state index contributed by atoms with van der Waals surface area (Å²) in [5.74, 6) is -1.72. The molecular weight excluding hydrogens is 430 g/mol. The number of rotatable bonds is 10. The predicted molar refractivity (Wildman–Crippen MR) is 123 cm³/mol. The van der Waals surface area contributed by atoms with Crippen molar-refractivity contribution in [2.45, 2.75) is 26.3 Å². The minimum absolute atomic E-state index is 0.118. The van der Waals surface area contributed by atoms with Gasteiger partial charge in [0.1, 0.15) is 18.9 Å². The maximum absolute atomic E-state index is 14.1. The van der Waals surface area contributed by atoms with Crippen LogP contribution in [0.5, 0.6) is 5.75 Å². The summed E-state index contributed by atoms with van der Waals surface area (Å²) in [6.45, 7) is 2.99.